The number of aliphatic hydroxyl groups is 1. The predicted molar refractivity (Wildman–Crippen MR) is 78.1 cm³/mol. The normalized spacial score (nSPS) is 36.2. The Morgan fingerprint density at radius 1 is 1.11 bits per heavy atom. The number of rotatable bonds is 6. The summed E-state index contributed by atoms with van der Waals surface area (Å²) < 4.78 is 0. The highest BCUT2D eigenvalue weighted by molar-refractivity contribution is 5.06. The molecule has 110 valence electrons. The van der Waals surface area contributed by atoms with Gasteiger partial charge in [-0.05, 0) is 57.3 Å². The highest BCUT2D eigenvalue weighted by Gasteiger charge is 2.48. The van der Waals surface area contributed by atoms with E-state index >= 15 is 0 Å². The van der Waals surface area contributed by atoms with Gasteiger partial charge in [-0.25, -0.2) is 0 Å². The van der Waals surface area contributed by atoms with E-state index in [9.17, 15) is 5.11 Å². The molecule has 0 amide bonds. The third kappa shape index (κ3) is 3.14. The lowest BCUT2D eigenvalue weighted by molar-refractivity contribution is 0.0441. The SMILES string of the molecule is CC1CCC(C)N(CC(CO)(NC2CC2)C2CC2)C1. The van der Waals surface area contributed by atoms with Crippen molar-refractivity contribution in [1.82, 2.24) is 10.2 Å². The van der Waals surface area contributed by atoms with Crippen LogP contribution in [0.1, 0.15) is 52.4 Å². The van der Waals surface area contributed by atoms with E-state index < -0.39 is 0 Å². The molecule has 3 heteroatoms. The highest BCUT2D eigenvalue weighted by Crippen LogP contribution is 2.42. The molecule has 0 aromatic heterocycles. The lowest BCUT2D eigenvalue weighted by Gasteiger charge is -2.44. The Kier molecular flexibility index (Phi) is 3.89. The first kappa shape index (κ1) is 13.8. The quantitative estimate of drug-likeness (QED) is 0.772. The fraction of sp³-hybridized carbons (Fsp3) is 1.00. The zero-order valence-corrected chi connectivity index (χ0v) is 12.6. The Labute approximate surface area is 117 Å². The van der Waals surface area contributed by atoms with Gasteiger partial charge in [0.25, 0.3) is 0 Å². The molecule has 1 saturated heterocycles. The summed E-state index contributed by atoms with van der Waals surface area (Å²) in [6.07, 6.45) is 7.90. The molecule has 0 spiro atoms. The zero-order valence-electron chi connectivity index (χ0n) is 12.6. The van der Waals surface area contributed by atoms with Crippen LogP contribution < -0.4 is 5.32 Å². The van der Waals surface area contributed by atoms with Crippen molar-refractivity contribution >= 4 is 0 Å². The van der Waals surface area contributed by atoms with Crippen LogP contribution in [0.15, 0.2) is 0 Å². The largest absolute Gasteiger partial charge is 0.394 e. The van der Waals surface area contributed by atoms with E-state index in [1.54, 1.807) is 0 Å². The summed E-state index contributed by atoms with van der Waals surface area (Å²) in [5.41, 5.74) is -0.00745. The Morgan fingerprint density at radius 3 is 2.42 bits per heavy atom. The smallest absolute Gasteiger partial charge is 0.0628 e. The van der Waals surface area contributed by atoms with Gasteiger partial charge in [0.15, 0.2) is 0 Å². The maximum absolute atomic E-state index is 10.1. The Hall–Kier alpha value is -0.120. The van der Waals surface area contributed by atoms with E-state index in [0.29, 0.717) is 24.6 Å². The van der Waals surface area contributed by atoms with Crippen LogP contribution in [0.5, 0.6) is 0 Å². The summed E-state index contributed by atoms with van der Waals surface area (Å²) in [7, 11) is 0. The monoisotopic (exact) mass is 266 g/mol. The average molecular weight is 266 g/mol. The molecular weight excluding hydrogens is 236 g/mol. The molecule has 1 aliphatic heterocycles. The van der Waals surface area contributed by atoms with Crippen molar-refractivity contribution in [1.29, 1.82) is 0 Å². The van der Waals surface area contributed by atoms with Gasteiger partial charge >= 0.3 is 0 Å². The first-order valence-corrected chi connectivity index (χ1v) is 8.25. The molecule has 3 rings (SSSR count). The van der Waals surface area contributed by atoms with E-state index in [4.69, 9.17) is 0 Å². The fourth-order valence-electron chi connectivity index (χ4n) is 3.75. The molecule has 2 aliphatic carbocycles. The van der Waals surface area contributed by atoms with E-state index in [2.05, 4.69) is 24.1 Å². The first-order valence-electron chi connectivity index (χ1n) is 8.25. The number of nitrogens with one attached hydrogen (secondary N) is 1. The van der Waals surface area contributed by atoms with E-state index in [-0.39, 0.29) is 5.54 Å². The topological polar surface area (TPSA) is 35.5 Å². The van der Waals surface area contributed by atoms with Gasteiger partial charge in [0, 0.05) is 25.2 Å². The van der Waals surface area contributed by atoms with Gasteiger partial charge in [-0.1, -0.05) is 6.92 Å². The van der Waals surface area contributed by atoms with Crippen molar-refractivity contribution in [3.05, 3.63) is 0 Å². The molecule has 3 unspecified atom stereocenters. The van der Waals surface area contributed by atoms with Gasteiger partial charge in [-0.3, -0.25) is 4.90 Å². The van der Waals surface area contributed by atoms with Crippen LogP contribution in [0.4, 0.5) is 0 Å². The van der Waals surface area contributed by atoms with Gasteiger partial charge < -0.3 is 10.4 Å². The molecule has 3 atom stereocenters. The molecule has 19 heavy (non-hydrogen) atoms. The summed E-state index contributed by atoms with van der Waals surface area (Å²) in [4.78, 5) is 2.64. The molecule has 3 fully saturated rings. The Morgan fingerprint density at radius 2 is 1.84 bits per heavy atom. The molecule has 2 saturated carbocycles. The summed E-state index contributed by atoms with van der Waals surface area (Å²) in [5.74, 6) is 1.52. The molecule has 0 bridgehead atoms. The van der Waals surface area contributed by atoms with E-state index in [1.165, 1.54) is 45.1 Å². The minimum absolute atomic E-state index is 0.00745. The molecule has 3 nitrogen and oxygen atoms in total. The minimum Gasteiger partial charge on any atom is -0.394 e. The lowest BCUT2D eigenvalue weighted by atomic mass is 9.88. The number of aliphatic hydroxyl groups excluding tert-OH is 1. The maximum atomic E-state index is 10.1. The summed E-state index contributed by atoms with van der Waals surface area (Å²) in [6, 6.07) is 1.37. The molecule has 0 aromatic rings. The van der Waals surface area contributed by atoms with Gasteiger partial charge in [0.05, 0.1) is 12.1 Å². The van der Waals surface area contributed by atoms with Crippen LogP contribution in [-0.2, 0) is 0 Å². The number of piperidine rings is 1. The van der Waals surface area contributed by atoms with Gasteiger partial charge in [0.2, 0.25) is 0 Å². The molecular formula is C16H30N2O. The van der Waals surface area contributed by atoms with Crippen molar-refractivity contribution in [3.8, 4) is 0 Å². The summed E-state index contributed by atoms with van der Waals surface area (Å²) >= 11 is 0. The minimum atomic E-state index is -0.00745. The van der Waals surface area contributed by atoms with Gasteiger partial charge in [0.1, 0.15) is 0 Å². The fourth-order valence-corrected chi connectivity index (χ4v) is 3.75. The van der Waals surface area contributed by atoms with Crippen molar-refractivity contribution in [2.24, 2.45) is 11.8 Å². The molecule has 1 heterocycles. The van der Waals surface area contributed by atoms with Crippen LogP contribution in [0.2, 0.25) is 0 Å². The summed E-state index contributed by atoms with van der Waals surface area (Å²) in [5, 5.41) is 13.9. The van der Waals surface area contributed by atoms with Crippen LogP contribution in [0.25, 0.3) is 0 Å². The second kappa shape index (κ2) is 5.34. The van der Waals surface area contributed by atoms with Crippen LogP contribution in [0.3, 0.4) is 0 Å². The highest BCUT2D eigenvalue weighted by atomic mass is 16.3. The number of likely N-dealkylation sites (tertiary alicyclic amines) is 1. The van der Waals surface area contributed by atoms with Crippen molar-refractivity contribution in [2.45, 2.75) is 70.0 Å². The lowest BCUT2D eigenvalue weighted by Crippen LogP contribution is -2.61. The first-order chi connectivity index (χ1) is 9.13. The predicted octanol–water partition coefficient (Wildman–Crippen LogP) is 2.00. The second-order valence-corrected chi connectivity index (χ2v) is 7.47. The molecule has 0 radical (unpaired) electrons. The zero-order chi connectivity index (χ0) is 13.5. The number of nitrogens with zero attached hydrogens (tertiary/aromatic N) is 1. The Balaban J connectivity index is 1.68. The third-order valence-electron chi connectivity index (χ3n) is 5.44. The van der Waals surface area contributed by atoms with Crippen molar-refractivity contribution < 1.29 is 5.11 Å². The van der Waals surface area contributed by atoms with Crippen LogP contribution in [-0.4, -0.2) is 47.3 Å². The number of hydrogen-bond acceptors (Lipinski definition) is 3. The second-order valence-electron chi connectivity index (χ2n) is 7.47. The van der Waals surface area contributed by atoms with Crippen molar-refractivity contribution in [2.75, 3.05) is 19.7 Å². The van der Waals surface area contributed by atoms with Gasteiger partial charge in [-0.15, -0.1) is 0 Å². The molecule has 0 aromatic carbocycles. The maximum Gasteiger partial charge on any atom is 0.0628 e. The van der Waals surface area contributed by atoms with Crippen molar-refractivity contribution in [3.63, 3.8) is 0 Å². The standard InChI is InChI=1S/C16H30N2O/c1-12-3-4-13(2)18(9-12)10-16(11-19,14-5-6-14)17-15-7-8-15/h12-15,17,19H,3-11H2,1-2H3. The molecule has 3 aliphatic rings. The third-order valence-corrected chi connectivity index (χ3v) is 5.44. The van der Waals surface area contributed by atoms with Crippen LogP contribution >= 0.6 is 0 Å². The van der Waals surface area contributed by atoms with E-state index in [0.717, 1.165) is 12.5 Å². The van der Waals surface area contributed by atoms with Crippen LogP contribution in [0, 0.1) is 11.8 Å². The molecule has 2 N–H and O–H groups in total. The van der Waals surface area contributed by atoms with Gasteiger partial charge in [-0.2, -0.15) is 0 Å². The number of hydrogen-bond donors (Lipinski definition) is 2. The van der Waals surface area contributed by atoms with E-state index in [1.807, 2.05) is 0 Å². The average Bonchev–Trinajstić information content (AvgIpc) is 3.25. The Bertz CT molecular complexity index is 314. The summed E-state index contributed by atoms with van der Waals surface area (Å²) in [6.45, 7) is 7.30.